The topological polar surface area (TPSA) is 35.5 Å². The molecule has 4 heteroatoms. The molecule has 0 bridgehead atoms. The largest absolute Gasteiger partial charge is 0.478 e. The number of hydrogen-bond donors (Lipinski definition) is 0. The molecule has 1 rings (SSSR count). The van der Waals surface area contributed by atoms with Gasteiger partial charge in [0.25, 0.3) is 0 Å². The lowest BCUT2D eigenvalue weighted by Gasteiger charge is -2.20. The fourth-order valence-electron chi connectivity index (χ4n) is 1.41. The summed E-state index contributed by atoms with van der Waals surface area (Å²) in [5.74, 6) is 0.294. The van der Waals surface area contributed by atoms with Crippen molar-refractivity contribution in [2.45, 2.75) is 26.9 Å². The SMILES string of the molecule is COC(=O)[C@H](Oc1ccc(Cl)c(C)c1)C(C)C. The van der Waals surface area contributed by atoms with Gasteiger partial charge in [0, 0.05) is 10.9 Å². The van der Waals surface area contributed by atoms with Gasteiger partial charge in [0.15, 0.2) is 6.10 Å². The fourth-order valence-corrected chi connectivity index (χ4v) is 1.53. The van der Waals surface area contributed by atoms with Crippen LogP contribution in [0.4, 0.5) is 0 Å². The van der Waals surface area contributed by atoms with Gasteiger partial charge >= 0.3 is 5.97 Å². The third-order valence-electron chi connectivity index (χ3n) is 2.43. The number of esters is 1. The summed E-state index contributed by atoms with van der Waals surface area (Å²) in [6.45, 7) is 5.70. The van der Waals surface area contributed by atoms with Crippen molar-refractivity contribution in [3.05, 3.63) is 28.8 Å². The molecule has 1 aromatic rings. The van der Waals surface area contributed by atoms with Crippen molar-refractivity contribution in [1.29, 1.82) is 0 Å². The molecule has 94 valence electrons. The third kappa shape index (κ3) is 3.63. The molecule has 0 aliphatic rings. The second-order valence-electron chi connectivity index (χ2n) is 4.22. The lowest BCUT2D eigenvalue weighted by Crippen LogP contribution is -2.33. The molecule has 0 unspecified atom stereocenters. The molecule has 17 heavy (non-hydrogen) atoms. The van der Waals surface area contributed by atoms with Crippen molar-refractivity contribution in [2.24, 2.45) is 5.92 Å². The van der Waals surface area contributed by atoms with E-state index in [4.69, 9.17) is 21.1 Å². The predicted molar refractivity (Wildman–Crippen MR) is 67.5 cm³/mol. The highest BCUT2D eigenvalue weighted by Crippen LogP contribution is 2.23. The molecule has 0 fully saturated rings. The summed E-state index contributed by atoms with van der Waals surface area (Å²) in [7, 11) is 1.36. The Morgan fingerprint density at radius 1 is 1.35 bits per heavy atom. The van der Waals surface area contributed by atoms with E-state index in [2.05, 4.69) is 0 Å². The van der Waals surface area contributed by atoms with Gasteiger partial charge in [-0.15, -0.1) is 0 Å². The first-order valence-corrected chi connectivity index (χ1v) is 5.84. The maximum atomic E-state index is 11.5. The molecule has 0 amide bonds. The summed E-state index contributed by atoms with van der Waals surface area (Å²) < 4.78 is 10.3. The highest BCUT2D eigenvalue weighted by atomic mass is 35.5. The molecule has 0 aliphatic heterocycles. The second-order valence-corrected chi connectivity index (χ2v) is 4.62. The molecule has 0 spiro atoms. The van der Waals surface area contributed by atoms with Crippen LogP contribution >= 0.6 is 11.6 Å². The summed E-state index contributed by atoms with van der Waals surface area (Å²) >= 11 is 5.92. The van der Waals surface area contributed by atoms with Gasteiger partial charge in [-0.05, 0) is 30.7 Å². The van der Waals surface area contributed by atoms with Gasteiger partial charge in [0.1, 0.15) is 5.75 Å². The number of aryl methyl sites for hydroxylation is 1. The fraction of sp³-hybridized carbons (Fsp3) is 0.462. The van der Waals surface area contributed by atoms with Crippen LogP contribution in [0.1, 0.15) is 19.4 Å². The van der Waals surface area contributed by atoms with E-state index in [-0.39, 0.29) is 11.9 Å². The maximum absolute atomic E-state index is 11.5. The molecule has 0 saturated heterocycles. The van der Waals surface area contributed by atoms with Gasteiger partial charge in [-0.2, -0.15) is 0 Å². The molecule has 0 radical (unpaired) electrons. The molecule has 3 nitrogen and oxygen atoms in total. The Morgan fingerprint density at radius 2 is 2.00 bits per heavy atom. The van der Waals surface area contributed by atoms with Crippen molar-refractivity contribution >= 4 is 17.6 Å². The van der Waals surface area contributed by atoms with E-state index < -0.39 is 6.10 Å². The van der Waals surface area contributed by atoms with Crippen LogP contribution in [0.15, 0.2) is 18.2 Å². The zero-order valence-corrected chi connectivity index (χ0v) is 11.2. The van der Waals surface area contributed by atoms with Crippen LogP contribution in [0.25, 0.3) is 0 Å². The number of ether oxygens (including phenoxy) is 2. The van der Waals surface area contributed by atoms with Crippen molar-refractivity contribution in [3.63, 3.8) is 0 Å². The maximum Gasteiger partial charge on any atom is 0.347 e. The van der Waals surface area contributed by atoms with Crippen LogP contribution in [0, 0.1) is 12.8 Å². The molecule has 0 aromatic heterocycles. The highest BCUT2D eigenvalue weighted by molar-refractivity contribution is 6.31. The summed E-state index contributed by atoms with van der Waals surface area (Å²) in [4.78, 5) is 11.5. The molecule has 1 aromatic carbocycles. The van der Waals surface area contributed by atoms with Gasteiger partial charge < -0.3 is 9.47 Å². The first-order valence-electron chi connectivity index (χ1n) is 5.46. The molecule has 0 N–H and O–H groups in total. The first-order chi connectivity index (χ1) is 7.95. The Hall–Kier alpha value is -1.22. The number of carbonyl (C=O) groups excluding carboxylic acids is 1. The Labute approximate surface area is 107 Å². The average Bonchev–Trinajstić information content (AvgIpc) is 2.29. The molecular weight excluding hydrogens is 240 g/mol. The zero-order valence-electron chi connectivity index (χ0n) is 10.5. The Kier molecular flexibility index (Phi) is 4.82. The standard InChI is InChI=1S/C13H17ClO3/c1-8(2)12(13(15)16-4)17-10-5-6-11(14)9(3)7-10/h5-8,12H,1-4H3/t12-/m1/s1. The van der Waals surface area contributed by atoms with E-state index in [1.165, 1.54) is 7.11 Å². The van der Waals surface area contributed by atoms with Crippen molar-refractivity contribution in [3.8, 4) is 5.75 Å². The number of hydrogen-bond acceptors (Lipinski definition) is 3. The van der Waals surface area contributed by atoms with Crippen LogP contribution < -0.4 is 4.74 Å². The molecule has 0 aliphatic carbocycles. The van der Waals surface area contributed by atoms with Crippen LogP contribution in [-0.4, -0.2) is 19.2 Å². The van der Waals surface area contributed by atoms with Crippen molar-refractivity contribution in [1.82, 2.24) is 0 Å². The number of halogens is 1. The molecule has 1 atom stereocenters. The zero-order chi connectivity index (χ0) is 13.0. The first kappa shape index (κ1) is 13.8. The lowest BCUT2D eigenvalue weighted by molar-refractivity contribution is -0.150. The molecular formula is C13H17ClO3. The summed E-state index contributed by atoms with van der Waals surface area (Å²) in [5, 5.41) is 0.677. The van der Waals surface area contributed by atoms with Crippen molar-refractivity contribution < 1.29 is 14.3 Å². The minimum Gasteiger partial charge on any atom is -0.478 e. The van der Waals surface area contributed by atoms with E-state index in [1.54, 1.807) is 18.2 Å². The second kappa shape index (κ2) is 5.92. The minimum atomic E-state index is -0.597. The quantitative estimate of drug-likeness (QED) is 0.776. The summed E-state index contributed by atoms with van der Waals surface area (Å²) in [6, 6.07) is 5.30. The van der Waals surface area contributed by atoms with E-state index in [1.807, 2.05) is 20.8 Å². The number of rotatable bonds is 4. The Balaban J connectivity index is 2.86. The molecule has 0 heterocycles. The number of benzene rings is 1. The Bertz CT molecular complexity index is 402. The Morgan fingerprint density at radius 3 is 2.47 bits per heavy atom. The van der Waals surface area contributed by atoms with E-state index in [0.29, 0.717) is 10.8 Å². The smallest absolute Gasteiger partial charge is 0.347 e. The van der Waals surface area contributed by atoms with Gasteiger partial charge in [0.05, 0.1) is 7.11 Å². The van der Waals surface area contributed by atoms with Gasteiger partial charge in [0.2, 0.25) is 0 Å². The average molecular weight is 257 g/mol. The van der Waals surface area contributed by atoms with Gasteiger partial charge in [-0.1, -0.05) is 25.4 Å². The van der Waals surface area contributed by atoms with Gasteiger partial charge in [-0.25, -0.2) is 4.79 Å². The number of carbonyl (C=O) groups is 1. The monoisotopic (exact) mass is 256 g/mol. The lowest BCUT2D eigenvalue weighted by atomic mass is 10.1. The van der Waals surface area contributed by atoms with E-state index in [9.17, 15) is 4.79 Å². The molecule has 0 saturated carbocycles. The number of methoxy groups -OCH3 is 1. The van der Waals surface area contributed by atoms with Gasteiger partial charge in [-0.3, -0.25) is 0 Å². The van der Waals surface area contributed by atoms with Crippen LogP contribution in [0.3, 0.4) is 0 Å². The van der Waals surface area contributed by atoms with Crippen LogP contribution in [0.2, 0.25) is 5.02 Å². The summed E-state index contributed by atoms with van der Waals surface area (Å²) in [6.07, 6.45) is -0.597. The van der Waals surface area contributed by atoms with E-state index >= 15 is 0 Å². The third-order valence-corrected chi connectivity index (χ3v) is 2.86. The predicted octanol–water partition coefficient (Wildman–Crippen LogP) is 3.22. The highest BCUT2D eigenvalue weighted by Gasteiger charge is 2.25. The van der Waals surface area contributed by atoms with Crippen molar-refractivity contribution in [2.75, 3.05) is 7.11 Å². The van der Waals surface area contributed by atoms with Crippen LogP contribution in [0.5, 0.6) is 5.75 Å². The van der Waals surface area contributed by atoms with E-state index in [0.717, 1.165) is 5.56 Å². The minimum absolute atomic E-state index is 0.0402. The van der Waals surface area contributed by atoms with Crippen LogP contribution in [-0.2, 0) is 9.53 Å². The normalized spacial score (nSPS) is 12.4. The summed E-state index contributed by atoms with van der Waals surface area (Å²) in [5.41, 5.74) is 0.913.